The molecule has 2 aromatic rings. The second kappa shape index (κ2) is 5.52. The minimum absolute atomic E-state index is 0.134. The Labute approximate surface area is 114 Å². The number of rotatable bonds is 3. The van der Waals surface area contributed by atoms with Crippen LogP contribution in [-0.4, -0.2) is 24.0 Å². The fourth-order valence-corrected chi connectivity index (χ4v) is 1.86. The molecule has 2 N–H and O–H groups in total. The van der Waals surface area contributed by atoms with Crippen molar-refractivity contribution in [3.05, 3.63) is 59.4 Å². The van der Waals surface area contributed by atoms with Gasteiger partial charge in [-0.15, -0.1) is 0 Å². The van der Waals surface area contributed by atoms with E-state index >= 15 is 0 Å². The molecule has 5 heteroatoms. The first-order chi connectivity index (χ1) is 9.51. The maximum Gasteiger partial charge on any atom is 0.335 e. The van der Waals surface area contributed by atoms with Gasteiger partial charge in [0.25, 0.3) is 5.91 Å². The van der Waals surface area contributed by atoms with Crippen molar-refractivity contribution in [2.24, 2.45) is 0 Å². The van der Waals surface area contributed by atoms with Crippen molar-refractivity contribution in [1.29, 1.82) is 0 Å². The molecule has 102 valence electrons. The number of carbonyl (C=O) groups excluding carboxylic acids is 1. The van der Waals surface area contributed by atoms with Gasteiger partial charge in [-0.1, -0.05) is 12.1 Å². The molecule has 0 aliphatic rings. The summed E-state index contributed by atoms with van der Waals surface area (Å²) < 4.78 is 13.5. The molecule has 0 saturated carbocycles. The fraction of sp³-hybridized carbons (Fsp3) is 0.0667. The maximum atomic E-state index is 13.5. The molecule has 0 fully saturated rings. The number of halogens is 1. The third-order valence-corrected chi connectivity index (χ3v) is 2.83. The van der Waals surface area contributed by atoms with Crippen LogP contribution in [-0.2, 0) is 0 Å². The SMILES string of the molecule is CNC(=O)c1cccc(-c2cc(F)cc(C(=O)O)c2)c1. The Hall–Kier alpha value is -2.69. The van der Waals surface area contributed by atoms with Gasteiger partial charge < -0.3 is 10.4 Å². The summed E-state index contributed by atoms with van der Waals surface area (Å²) in [5, 5.41) is 11.4. The highest BCUT2D eigenvalue weighted by molar-refractivity contribution is 5.95. The molecule has 0 radical (unpaired) electrons. The van der Waals surface area contributed by atoms with Gasteiger partial charge in [-0.05, 0) is 41.5 Å². The van der Waals surface area contributed by atoms with E-state index in [2.05, 4.69) is 5.32 Å². The lowest BCUT2D eigenvalue weighted by Gasteiger charge is -2.06. The molecule has 0 aliphatic heterocycles. The number of carbonyl (C=O) groups is 2. The number of nitrogens with one attached hydrogen (secondary N) is 1. The van der Waals surface area contributed by atoms with Crippen LogP contribution in [0.2, 0.25) is 0 Å². The molecule has 0 aromatic heterocycles. The van der Waals surface area contributed by atoms with Gasteiger partial charge in [-0.2, -0.15) is 0 Å². The van der Waals surface area contributed by atoms with E-state index in [9.17, 15) is 14.0 Å². The third-order valence-electron chi connectivity index (χ3n) is 2.83. The van der Waals surface area contributed by atoms with Crippen molar-refractivity contribution < 1.29 is 19.1 Å². The summed E-state index contributed by atoms with van der Waals surface area (Å²) in [4.78, 5) is 22.5. The normalized spacial score (nSPS) is 10.1. The number of amides is 1. The molecule has 0 spiro atoms. The number of hydrogen-bond donors (Lipinski definition) is 2. The highest BCUT2D eigenvalue weighted by Crippen LogP contribution is 2.23. The maximum absolute atomic E-state index is 13.5. The van der Waals surface area contributed by atoms with Crippen LogP contribution in [0.25, 0.3) is 11.1 Å². The van der Waals surface area contributed by atoms with Gasteiger partial charge in [0, 0.05) is 12.6 Å². The summed E-state index contributed by atoms with van der Waals surface area (Å²) >= 11 is 0. The number of aromatic carboxylic acids is 1. The summed E-state index contributed by atoms with van der Waals surface area (Å²) in [7, 11) is 1.51. The molecular weight excluding hydrogens is 261 g/mol. The summed E-state index contributed by atoms with van der Waals surface area (Å²) in [6, 6.07) is 10.1. The lowest BCUT2D eigenvalue weighted by molar-refractivity contribution is 0.0696. The third kappa shape index (κ3) is 2.83. The largest absolute Gasteiger partial charge is 0.478 e. The van der Waals surface area contributed by atoms with Crippen LogP contribution in [0.15, 0.2) is 42.5 Å². The molecule has 1 amide bonds. The van der Waals surface area contributed by atoms with Crippen LogP contribution in [0, 0.1) is 5.82 Å². The highest BCUT2D eigenvalue weighted by atomic mass is 19.1. The molecular formula is C15H12FNO3. The Bertz CT molecular complexity index is 683. The van der Waals surface area contributed by atoms with Crippen molar-refractivity contribution >= 4 is 11.9 Å². The average Bonchev–Trinajstić information content (AvgIpc) is 2.45. The summed E-state index contributed by atoms with van der Waals surface area (Å²) in [5.41, 5.74) is 1.28. The molecule has 2 aromatic carbocycles. The van der Waals surface area contributed by atoms with Crippen LogP contribution >= 0.6 is 0 Å². The zero-order valence-corrected chi connectivity index (χ0v) is 10.7. The zero-order valence-electron chi connectivity index (χ0n) is 10.7. The van der Waals surface area contributed by atoms with Gasteiger partial charge in [0.1, 0.15) is 5.82 Å². The molecule has 0 aliphatic carbocycles. The summed E-state index contributed by atoms with van der Waals surface area (Å²) in [5.74, 6) is -2.10. The van der Waals surface area contributed by atoms with Crippen LogP contribution in [0.1, 0.15) is 20.7 Å². The summed E-state index contributed by atoms with van der Waals surface area (Å²) in [6.45, 7) is 0. The zero-order chi connectivity index (χ0) is 14.7. The van der Waals surface area contributed by atoms with E-state index in [1.807, 2.05) is 0 Å². The van der Waals surface area contributed by atoms with E-state index in [-0.39, 0.29) is 11.5 Å². The molecule has 0 bridgehead atoms. The highest BCUT2D eigenvalue weighted by Gasteiger charge is 2.10. The van der Waals surface area contributed by atoms with Crippen LogP contribution in [0.5, 0.6) is 0 Å². The minimum Gasteiger partial charge on any atom is -0.478 e. The molecule has 0 unspecified atom stereocenters. The van der Waals surface area contributed by atoms with E-state index in [0.717, 1.165) is 6.07 Å². The predicted octanol–water partition coefficient (Wildman–Crippen LogP) is 2.55. The number of hydrogen-bond acceptors (Lipinski definition) is 2. The van der Waals surface area contributed by atoms with Crippen LogP contribution in [0.4, 0.5) is 4.39 Å². The molecule has 0 atom stereocenters. The van der Waals surface area contributed by atoms with Gasteiger partial charge in [0.2, 0.25) is 0 Å². The summed E-state index contributed by atoms with van der Waals surface area (Å²) in [6.07, 6.45) is 0. The van der Waals surface area contributed by atoms with E-state index < -0.39 is 11.8 Å². The average molecular weight is 273 g/mol. The Balaban J connectivity index is 2.51. The van der Waals surface area contributed by atoms with Crippen LogP contribution in [0.3, 0.4) is 0 Å². The predicted molar refractivity (Wildman–Crippen MR) is 72.2 cm³/mol. The van der Waals surface area contributed by atoms with Crippen molar-refractivity contribution in [3.63, 3.8) is 0 Å². The van der Waals surface area contributed by atoms with E-state index in [1.54, 1.807) is 24.3 Å². The topological polar surface area (TPSA) is 66.4 Å². The smallest absolute Gasteiger partial charge is 0.335 e. The minimum atomic E-state index is -1.20. The lowest BCUT2D eigenvalue weighted by atomic mass is 10.0. The second-order valence-electron chi connectivity index (χ2n) is 4.19. The Morgan fingerprint density at radius 3 is 2.40 bits per heavy atom. The molecule has 20 heavy (non-hydrogen) atoms. The fourth-order valence-electron chi connectivity index (χ4n) is 1.86. The first-order valence-electron chi connectivity index (χ1n) is 5.87. The molecule has 0 heterocycles. The van der Waals surface area contributed by atoms with Gasteiger partial charge in [-0.25, -0.2) is 9.18 Å². The second-order valence-corrected chi connectivity index (χ2v) is 4.19. The Morgan fingerprint density at radius 1 is 1.05 bits per heavy atom. The Kier molecular flexibility index (Phi) is 3.79. The molecule has 2 rings (SSSR count). The van der Waals surface area contributed by atoms with Crippen molar-refractivity contribution in [2.45, 2.75) is 0 Å². The van der Waals surface area contributed by atoms with Gasteiger partial charge >= 0.3 is 5.97 Å². The number of carboxylic acid groups (broad SMARTS) is 1. The number of carboxylic acids is 1. The van der Waals surface area contributed by atoms with E-state index in [0.29, 0.717) is 16.7 Å². The van der Waals surface area contributed by atoms with Gasteiger partial charge in [0.05, 0.1) is 5.56 Å². The first kappa shape index (κ1) is 13.7. The van der Waals surface area contributed by atoms with E-state index in [1.165, 1.54) is 19.2 Å². The van der Waals surface area contributed by atoms with Crippen molar-refractivity contribution in [1.82, 2.24) is 5.32 Å². The molecule has 4 nitrogen and oxygen atoms in total. The van der Waals surface area contributed by atoms with E-state index in [4.69, 9.17) is 5.11 Å². The van der Waals surface area contributed by atoms with Crippen molar-refractivity contribution in [3.8, 4) is 11.1 Å². The number of benzene rings is 2. The van der Waals surface area contributed by atoms with Gasteiger partial charge in [0.15, 0.2) is 0 Å². The first-order valence-corrected chi connectivity index (χ1v) is 5.87. The van der Waals surface area contributed by atoms with Gasteiger partial charge in [-0.3, -0.25) is 4.79 Å². The Morgan fingerprint density at radius 2 is 1.75 bits per heavy atom. The monoisotopic (exact) mass is 273 g/mol. The van der Waals surface area contributed by atoms with Crippen LogP contribution < -0.4 is 5.32 Å². The van der Waals surface area contributed by atoms with Crippen molar-refractivity contribution in [2.75, 3.05) is 7.05 Å². The lowest BCUT2D eigenvalue weighted by Crippen LogP contribution is -2.17. The standard InChI is InChI=1S/C15H12FNO3/c1-17-14(18)10-4-2-3-9(5-10)11-6-12(15(19)20)8-13(16)7-11/h2-8H,1H3,(H,17,18)(H,19,20). The quantitative estimate of drug-likeness (QED) is 0.903. The molecule has 0 saturated heterocycles.